The first kappa shape index (κ1) is 19.3. The predicted octanol–water partition coefficient (Wildman–Crippen LogP) is 2.75. The second kappa shape index (κ2) is 7.91. The first-order chi connectivity index (χ1) is 11.7. The zero-order valence-electron chi connectivity index (χ0n) is 15.6. The molecule has 7 heteroatoms. The Balaban J connectivity index is 1.86. The third-order valence-corrected chi connectivity index (χ3v) is 4.92. The van der Waals surface area contributed by atoms with Gasteiger partial charge in [-0.1, -0.05) is 44.7 Å². The largest absolute Gasteiger partial charge is 0.368 e. The fraction of sp³-hybridized carbons (Fsp3) is 0.500. The van der Waals surface area contributed by atoms with Crippen LogP contribution < -0.4 is 11.1 Å². The number of nitrogens with two attached hydrogens (primary N) is 1. The number of aromatic nitrogens is 3. The Bertz CT molecular complexity index is 725. The number of hydrogen-bond donors (Lipinski definition) is 3. The van der Waals surface area contributed by atoms with E-state index in [-0.39, 0.29) is 23.0 Å². The number of H-pyrrole nitrogens is 1. The van der Waals surface area contributed by atoms with Crippen molar-refractivity contribution in [3.63, 3.8) is 0 Å². The van der Waals surface area contributed by atoms with E-state index in [9.17, 15) is 4.79 Å². The standard InChI is InChI=1S/C18H27N5OS/c1-11-8-13(18(3,4)5)9-12(2)14(11)6-7-20-15(24)10-25-17-21-16(19)22-23-17/h8-9H,6-7,10H2,1-5H3,(H,20,24)(H3,19,21,22,23). The molecule has 0 fully saturated rings. The molecule has 2 rings (SSSR count). The molecule has 1 heterocycles. The molecule has 0 saturated carbocycles. The second-order valence-corrected chi connectivity index (χ2v) is 8.17. The van der Waals surface area contributed by atoms with Crippen LogP contribution >= 0.6 is 11.8 Å². The van der Waals surface area contributed by atoms with E-state index >= 15 is 0 Å². The number of amides is 1. The van der Waals surface area contributed by atoms with Crippen LogP contribution in [0.2, 0.25) is 0 Å². The number of hydrogen-bond acceptors (Lipinski definition) is 5. The summed E-state index contributed by atoms with van der Waals surface area (Å²) in [6.07, 6.45) is 0.825. The molecule has 0 radical (unpaired) electrons. The number of nitrogen functional groups attached to an aromatic ring is 1. The summed E-state index contributed by atoms with van der Waals surface area (Å²) < 4.78 is 0. The average Bonchev–Trinajstić information content (AvgIpc) is 2.92. The Morgan fingerprint density at radius 1 is 1.28 bits per heavy atom. The molecule has 25 heavy (non-hydrogen) atoms. The normalized spacial score (nSPS) is 11.6. The summed E-state index contributed by atoms with van der Waals surface area (Å²) in [4.78, 5) is 15.9. The van der Waals surface area contributed by atoms with Gasteiger partial charge in [-0.25, -0.2) is 5.10 Å². The van der Waals surface area contributed by atoms with Crippen molar-refractivity contribution in [3.8, 4) is 0 Å². The fourth-order valence-corrected chi connectivity index (χ4v) is 3.29. The Morgan fingerprint density at radius 3 is 2.44 bits per heavy atom. The average molecular weight is 362 g/mol. The summed E-state index contributed by atoms with van der Waals surface area (Å²) in [7, 11) is 0. The van der Waals surface area contributed by atoms with Crippen LogP contribution in [0.4, 0.5) is 5.95 Å². The van der Waals surface area contributed by atoms with Crippen molar-refractivity contribution in [1.82, 2.24) is 20.5 Å². The van der Waals surface area contributed by atoms with Gasteiger partial charge in [-0.2, -0.15) is 4.98 Å². The number of carbonyl (C=O) groups is 1. The molecule has 4 N–H and O–H groups in total. The minimum absolute atomic E-state index is 0.0324. The first-order valence-corrected chi connectivity index (χ1v) is 9.33. The van der Waals surface area contributed by atoms with Crippen LogP contribution in [0.5, 0.6) is 0 Å². The van der Waals surface area contributed by atoms with Crippen molar-refractivity contribution < 1.29 is 4.79 Å². The minimum atomic E-state index is -0.0324. The van der Waals surface area contributed by atoms with Gasteiger partial charge in [-0.3, -0.25) is 4.79 Å². The van der Waals surface area contributed by atoms with Crippen LogP contribution in [0.25, 0.3) is 0 Å². The third kappa shape index (κ3) is 5.49. The quantitative estimate of drug-likeness (QED) is 0.688. The fourth-order valence-electron chi connectivity index (χ4n) is 2.65. The van der Waals surface area contributed by atoms with Crippen LogP contribution in [0.3, 0.4) is 0 Å². The van der Waals surface area contributed by atoms with E-state index in [2.05, 4.69) is 67.2 Å². The molecule has 0 atom stereocenters. The molecule has 1 amide bonds. The van der Waals surface area contributed by atoms with Gasteiger partial charge in [-0.05, 0) is 47.9 Å². The van der Waals surface area contributed by atoms with Crippen molar-refractivity contribution in [2.75, 3.05) is 18.0 Å². The number of thioether (sulfide) groups is 1. The maximum Gasteiger partial charge on any atom is 0.230 e. The van der Waals surface area contributed by atoms with Crippen molar-refractivity contribution in [2.24, 2.45) is 0 Å². The maximum absolute atomic E-state index is 11.9. The van der Waals surface area contributed by atoms with E-state index in [0.717, 1.165) is 6.42 Å². The van der Waals surface area contributed by atoms with E-state index in [1.807, 2.05) is 0 Å². The highest BCUT2D eigenvalue weighted by atomic mass is 32.2. The van der Waals surface area contributed by atoms with Crippen molar-refractivity contribution in [2.45, 2.75) is 51.6 Å². The maximum atomic E-state index is 11.9. The number of carbonyl (C=O) groups excluding carboxylic acids is 1. The van der Waals surface area contributed by atoms with Gasteiger partial charge >= 0.3 is 0 Å². The number of rotatable bonds is 6. The zero-order valence-corrected chi connectivity index (χ0v) is 16.4. The van der Waals surface area contributed by atoms with Gasteiger partial charge in [0.05, 0.1) is 5.75 Å². The Labute approximate surface area is 153 Å². The summed E-state index contributed by atoms with van der Waals surface area (Å²) in [5.74, 6) is 0.501. The van der Waals surface area contributed by atoms with Crippen LogP contribution in [-0.4, -0.2) is 33.4 Å². The third-order valence-electron chi connectivity index (χ3n) is 4.07. The Kier molecular flexibility index (Phi) is 6.11. The molecule has 0 saturated heterocycles. The lowest BCUT2D eigenvalue weighted by Crippen LogP contribution is -2.27. The molecule has 0 aliphatic heterocycles. The van der Waals surface area contributed by atoms with Crippen molar-refractivity contribution >= 4 is 23.6 Å². The molecule has 6 nitrogen and oxygen atoms in total. The lowest BCUT2D eigenvalue weighted by atomic mass is 9.83. The lowest BCUT2D eigenvalue weighted by Gasteiger charge is -2.22. The monoisotopic (exact) mass is 361 g/mol. The molecule has 2 aromatic rings. The van der Waals surface area contributed by atoms with E-state index < -0.39 is 0 Å². The summed E-state index contributed by atoms with van der Waals surface area (Å²) in [6, 6.07) is 4.52. The number of aryl methyl sites for hydroxylation is 2. The molecule has 1 aromatic heterocycles. The number of nitrogens with zero attached hydrogens (tertiary/aromatic N) is 2. The molecule has 0 aliphatic carbocycles. The van der Waals surface area contributed by atoms with Crippen LogP contribution in [-0.2, 0) is 16.6 Å². The van der Waals surface area contributed by atoms with Gasteiger partial charge in [0.1, 0.15) is 0 Å². The van der Waals surface area contributed by atoms with Gasteiger partial charge in [0, 0.05) is 6.54 Å². The number of anilines is 1. The molecule has 0 spiro atoms. The van der Waals surface area contributed by atoms with Gasteiger partial charge < -0.3 is 11.1 Å². The topological polar surface area (TPSA) is 96.7 Å². The van der Waals surface area contributed by atoms with Crippen molar-refractivity contribution in [3.05, 3.63) is 34.4 Å². The summed E-state index contributed by atoms with van der Waals surface area (Å²) in [5, 5.41) is 9.87. The number of nitrogens with one attached hydrogen (secondary N) is 2. The van der Waals surface area contributed by atoms with E-state index in [1.165, 1.54) is 34.0 Å². The molecule has 1 aromatic carbocycles. The lowest BCUT2D eigenvalue weighted by molar-refractivity contribution is -0.118. The van der Waals surface area contributed by atoms with E-state index in [4.69, 9.17) is 5.73 Å². The molecule has 0 aliphatic rings. The Morgan fingerprint density at radius 2 is 1.92 bits per heavy atom. The predicted molar refractivity (Wildman–Crippen MR) is 103 cm³/mol. The highest BCUT2D eigenvalue weighted by Gasteiger charge is 2.16. The van der Waals surface area contributed by atoms with Crippen LogP contribution in [0.1, 0.15) is 43.0 Å². The highest BCUT2D eigenvalue weighted by Crippen LogP contribution is 2.27. The number of benzene rings is 1. The summed E-state index contributed by atoms with van der Waals surface area (Å²) in [6.45, 7) is 11.6. The molecule has 136 valence electrons. The smallest absolute Gasteiger partial charge is 0.230 e. The van der Waals surface area contributed by atoms with Gasteiger partial charge in [-0.15, -0.1) is 5.10 Å². The summed E-state index contributed by atoms with van der Waals surface area (Å²) in [5.41, 5.74) is 10.8. The zero-order chi connectivity index (χ0) is 18.6. The molecular weight excluding hydrogens is 334 g/mol. The van der Waals surface area contributed by atoms with Crippen LogP contribution in [0.15, 0.2) is 17.3 Å². The second-order valence-electron chi connectivity index (χ2n) is 7.23. The molecular formula is C18H27N5OS. The SMILES string of the molecule is Cc1cc(C(C)(C)C)cc(C)c1CCNC(=O)CSc1n[nH]c(N)n1. The molecule has 0 bridgehead atoms. The molecule has 0 unspecified atom stereocenters. The minimum Gasteiger partial charge on any atom is -0.368 e. The Hall–Kier alpha value is -2.02. The van der Waals surface area contributed by atoms with Gasteiger partial charge in [0.15, 0.2) is 0 Å². The summed E-state index contributed by atoms with van der Waals surface area (Å²) >= 11 is 1.26. The number of aromatic amines is 1. The van der Waals surface area contributed by atoms with Gasteiger partial charge in [0.25, 0.3) is 0 Å². The van der Waals surface area contributed by atoms with Crippen molar-refractivity contribution in [1.29, 1.82) is 0 Å². The first-order valence-electron chi connectivity index (χ1n) is 8.35. The van der Waals surface area contributed by atoms with Crippen LogP contribution in [0, 0.1) is 13.8 Å². The van der Waals surface area contributed by atoms with E-state index in [0.29, 0.717) is 11.7 Å². The highest BCUT2D eigenvalue weighted by molar-refractivity contribution is 7.99. The van der Waals surface area contributed by atoms with Gasteiger partial charge in [0.2, 0.25) is 17.0 Å². The van der Waals surface area contributed by atoms with E-state index in [1.54, 1.807) is 0 Å².